The van der Waals surface area contributed by atoms with Gasteiger partial charge < -0.3 is 28.6 Å². The minimum absolute atomic E-state index is 0.103. The molecular formula is C32H43N3O8. The van der Waals surface area contributed by atoms with E-state index < -0.39 is 4.92 Å². The smallest absolute Gasteiger partial charge is 0.270 e. The molecule has 4 rings (SSSR count). The van der Waals surface area contributed by atoms with Crippen LogP contribution in [0.2, 0.25) is 0 Å². The van der Waals surface area contributed by atoms with Gasteiger partial charge in [-0.25, -0.2) is 0 Å². The van der Waals surface area contributed by atoms with Crippen LogP contribution in [0.5, 0.6) is 0 Å². The molecule has 0 N–H and O–H groups in total. The van der Waals surface area contributed by atoms with Gasteiger partial charge in [0.25, 0.3) is 5.70 Å². The standard InChI is InChI=1S/C32H43N3O8/c1-32(2)28-7-4-25(22-29(28)33(3)31(32)9-5-26-23-27(35(37)38)6-8-30(26)36)24-34-10-12-39-14-16-41-18-20-43-21-19-42-17-15-40-13-11-34/h4-9,22-23H,10-21,24H2,1-3H3/b26-5-,31-9+. The highest BCUT2D eigenvalue weighted by Gasteiger charge is 2.38. The number of fused-ring (bicyclic) bond motifs is 1. The molecule has 234 valence electrons. The number of carbonyl (C=O) groups is 1. The summed E-state index contributed by atoms with van der Waals surface area (Å²) >= 11 is 0. The second-order valence-corrected chi connectivity index (χ2v) is 11.1. The molecule has 1 aromatic rings. The van der Waals surface area contributed by atoms with Crippen molar-refractivity contribution in [1.82, 2.24) is 4.90 Å². The van der Waals surface area contributed by atoms with E-state index >= 15 is 0 Å². The molecule has 2 heterocycles. The van der Waals surface area contributed by atoms with Crippen LogP contribution in [-0.4, -0.2) is 102 Å². The summed E-state index contributed by atoms with van der Waals surface area (Å²) in [6.45, 7) is 12.0. The number of nitrogens with zero attached hydrogens (tertiary/aromatic N) is 3. The van der Waals surface area contributed by atoms with E-state index in [0.29, 0.717) is 66.1 Å². The summed E-state index contributed by atoms with van der Waals surface area (Å²) in [5.74, 6) is -0.252. The van der Waals surface area contributed by atoms with Crippen LogP contribution in [-0.2, 0) is 40.4 Å². The largest absolute Gasteiger partial charge is 0.378 e. The Morgan fingerprint density at radius 3 is 1.98 bits per heavy atom. The van der Waals surface area contributed by atoms with Gasteiger partial charge in [-0.2, -0.15) is 0 Å². The first-order valence-electron chi connectivity index (χ1n) is 14.8. The van der Waals surface area contributed by atoms with Crippen molar-refractivity contribution in [2.45, 2.75) is 25.8 Å². The third kappa shape index (κ3) is 9.15. The molecule has 1 fully saturated rings. The van der Waals surface area contributed by atoms with Crippen LogP contribution in [0.3, 0.4) is 0 Å². The maximum Gasteiger partial charge on any atom is 0.270 e. The van der Waals surface area contributed by atoms with E-state index in [-0.39, 0.29) is 22.5 Å². The van der Waals surface area contributed by atoms with Crippen molar-refractivity contribution in [2.75, 3.05) is 91.1 Å². The predicted octanol–water partition coefficient (Wildman–Crippen LogP) is 3.42. The summed E-state index contributed by atoms with van der Waals surface area (Å²) < 4.78 is 28.2. The highest BCUT2D eigenvalue weighted by atomic mass is 16.6. The average molecular weight is 598 g/mol. The summed E-state index contributed by atoms with van der Waals surface area (Å²) in [4.78, 5) is 27.5. The SMILES string of the molecule is CN1/C(=C/C=C2/C=C([N+](=O)[O-])C=CC2=O)C(C)(C)c2ccc(CN3CCOCCOCCOCCOCCOCC3)cc21. The first-order chi connectivity index (χ1) is 20.8. The van der Waals surface area contributed by atoms with Crippen LogP contribution in [0, 0.1) is 10.1 Å². The summed E-state index contributed by atoms with van der Waals surface area (Å²) in [6, 6.07) is 6.54. The second-order valence-electron chi connectivity index (χ2n) is 11.1. The van der Waals surface area contributed by atoms with Gasteiger partial charge in [-0.15, -0.1) is 0 Å². The van der Waals surface area contributed by atoms with Crippen LogP contribution in [0.4, 0.5) is 5.69 Å². The Bertz CT molecular complexity index is 1230. The fourth-order valence-electron chi connectivity index (χ4n) is 5.33. The first kappa shape index (κ1) is 32.7. The first-order valence-corrected chi connectivity index (χ1v) is 14.8. The molecule has 0 aromatic heterocycles. The molecule has 0 bridgehead atoms. The molecule has 43 heavy (non-hydrogen) atoms. The number of allylic oxidation sites excluding steroid dienone is 7. The molecule has 0 amide bonds. The van der Waals surface area contributed by atoms with Crippen molar-refractivity contribution in [1.29, 1.82) is 0 Å². The number of carbonyl (C=O) groups excluding carboxylic acids is 1. The van der Waals surface area contributed by atoms with Gasteiger partial charge >= 0.3 is 0 Å². The van der Waals surface area contributed by atoms with E-state index in [1.165, 1.54) is 29.4 Å². The predicted molar refractivity (Wildman–Crippen MR) is 163 cm³/mol. The van der Waals surface area contributed by atoms with Gasteiger partial charge in [0.2, 0.25) is 0 Å². The van der Waals surface area contributed by atoms with Crippen LogP contribution in [0.15, 0.2) is 65.5 Å². The topological polar surface area (TPSA) is 113 Å². The Morgan fingerprint density at radius 2 is 1.42 bits per heavy atom. The number of anilines is 1. The molecule has 0 spiro atoms. The lowest BCUT2D eigenvalue weighted by Gasteiger charge is -2.23. The van der Waals surface area contributed by atoms with Crippen LogP contribution >= 0.6 is 0 Å². The van der Waals surface area contributed by atoms with Gasteiger partial charge in [-0.1, -0.05) is 26.0 Å². The van der Waals surface area contributed by atoms with Crippen molar-refractivity contribution in [3.05, 3.63) is 86.8 Å². The number of hydrogen-bond donors (Lipinski definition) is 0. The van der Waals surface area contributed by atoms with Crippen LogP contribution in [0.1, 0.15) is 25.0 Å². The molecule has 0 radical (unpaired) electrons. The maximum absolute atomic E-state index is 12.4. The van der Waals surface area contributed by atoms with E-state index in [1.54, 1.807) is 6.08 Å². The van der Waals surface area contributed by atoms with Crippen LogP contribution < -0.4 is 4.90 Å². The molecule has 0 saturated carbocycles. The molecule has 0 unspecified atom stereocenters. The van der Waals surface area contributed by atoms with Gasteiger partial charge in [0.1, 0.15) is 0 Å². The minimum atomic E-state index is -0.491. The van der Waals surface area contributed by atoms with Crippen molar-refractivity contribution in [3.63, 3.8) is 0 Å². The molecule has 11 heteroatoms. The number of ketones is 1. The Balaban J connectivity index is 1.44. The molecule has 11 nitrogen and oxygen atoms in total. The lowest BCUT2D eigenvalue weighted by Crippen LogP contribution is -2.31. The molecule has 1 aliphatic carbocycles. The van der Waals surface area contributed by atoms with E-state index in [0.717, 1.165) is 31.0 Å². The van der Waals surface area contributed by atoms with Crippen molar-refractivity contribution >= 4 is 11.5 Å². The van der Waals surface area contributed by atoms with Crippen molar-refractivity contribution in [2.24, 2.45) is 0 Å². The Hall–Kier alpha value is -3.19. The zero-order valence-electron chi connectivity index (χ0n) is 25.4. The normalized spacial score (nSPS) is 23.6. The van der Waals surface area contributed by atoms with Gasteiger partial charge in [-0.3, -0.25) is 19.8 Å². The monoisotopic (exact) mass is 597 g/mol. The van der Waals surface area contributed by atoms with Crippen molar-refractivity contribution in [3.8, 4) is 0 Å². The minimum Gasteiger partial charge on any atom is -0.378 e. The third-order valence-electron chi connectivity index (χ3n) is 7.72. The summed E-state index contributed by atoms with van der Waals surface area (Å²) in [6.07, 6.45) is 7.36. The van der Waals surface area contributed by atoms with E-state index in [4.69, 9.17) is 23.7 Å². The number of rotatable bonds is 4. The maximum atomic E-state index is 12.4. The number of nitro groups is 1. The second kappa shape index (κ2) is 16.0. The number of likely N-dealkylation sites (N-methyl/N-ethyl adjacent to an activating group) is 1. The molecule has 3 aliphatic rings. The van der Waals surface area contributed by atoms with Gasteiger partial charge in [0.15, 0.2) is 5.78 Å². The quantitative estimate of drug-likeness (QED) is 0.291. The lowest BCUT2D eigenvalue weighted by molar-refractivity contribution is -0.419. The molecule has 1 saturated heterocycles. The van der Waals surface area contributed by atoms with E-state index in [1.807, 2.05) is 13.1 Å². The van der Waals surface area contributed by atoms with Crippen LogP contribution in [0.25, 0.3) is 0 Å². The summed E-state index contributed by atoms with van der Waals surface area (Å²) in [7, 11) is 2.01. The van der Waals surface area contributed by atoms with E-state index in [2.05, 4.69) is 41.8 Å². The zero-order valence-corrected chi connectivity index (χ0v) is 25.4. The average Bonchev–Trinajstić information content (AvgIpc) is 3.17. The highest BCUT2D eigenvalue weighted by molar-refractivity contribution is 6.07. The molecule has 2 aliphatic heterocycles. The lowest BCUT2D eigenvalue weighted by atomic mass is 9.83. The van der Waals surface area contributed by atoms with Gasteiger partial charge in [0.05, 0.1) is 71.0 Å². The Kier molecular flexibility index (Phi) is 12.2. The molecule has 1 aromatic carbocycles. The molecule has 0 atom stereocenters. The van der Waals surface area contributed by atoms with Gasteiger partial charge in [0, 0.05) is 61.2 Å². The molecular weight excluding hydrogens is 554 g/mol. The third-order valence-corrected chi connectivity index (χ3v) is 7.72. The number of ether oxygens (including phenoxy) is 5. The summed E-state index contributed by atoms with van der Waals surface area (Å²) in [5, 5.41) is 11.2. The van der Waals surface area contributed by atoms with E-state index in [9.17, 15) is 14.9 Å². The Morgan fingerprint density at radius 1 is 0.860 bits per heavy atom. The van der Waals surface area contributed by atoms with Gasteiger partial charge in [-0.05, 0) is 35.4 Å². The fraction of sp³-hybridized carbons (Fsp3) is 0.531. The van der Waals surface area contributed by atoms with Crippen molar-refractivity contribution < 1.29 is 33.4 Å². The zero-order chi connectivity index (χ0) is 30.7. The Labute approximate surface area is 253 Å². The number of benzene rings is 1. The fourth-order valence-corrected chi connectivity index (χ4v) is 5.33. The highest BCUT2D eigenvalue weighted by Crippen LogP contribution is 2.47. The summed E-state index contributed by atoms with van der Waals surface area (Å²) in [5.41, 5.74) is 4.31. The number of hydrogen-bond acceptors (Lipinski definition) is 10.